The van der Waals surface area contributed by atoms with Crippen LogP contribution in [0, 0.1) is 17.1 Å². The summed E-state index contributed by atoms with van der Waals surface area (Å²) < 4.78 is 12.6. The molecule has 68 valence electrons. The molecule has 0 amide bonds. The van der Waals surface area contributed by atoms with Crippen molar-refractivity contribution in [2.45, 2.75) is 0 Å². The van der Waals surface area contributed by atoms with E-state index in [1.165, 1.54) is 12.1 Å². The molecule has 0 radical (unpaired) electrons. The Balaban J connectivity index is 2.50. The summed E-state index contributed by atoms with van der Waals surface area (Å²) in [5.41, 5.74) is 1.38. The lowest BCUT2D eigenvalue weighted by Crippen LogP contribution is -1.82. The predicted molar refractivity (Wildman–Crippen MR) is 46.5 cm³/mol. The maximum absolute atomic E-state index is 12.6. The number of hydrogen-bond acceptors (Lipinski definition) is 3. The van der Waals surface area contributed by atoms with Crippen LogP contribution in [0.1, 0.15) is 5.69 Å². The van der Waals surface area contributed by atoms with Crippen molar-refractivity contribution in [3.63, 3.8) is 0 Å². The van der Waals surface area contributed by atoms with Crippen molar-refractivity contribution < 1.29 is 4.39 Å². The van der Waals surface area contributed by atoms with Gasteiger partial charge in [-0.05, 0) is 24.3 Å². The van der Waals surface area contributed by atoms with Gasteiger partial charge >= 0.3 is 0 Å². The molecule has 4 nitrogen and oxygen atoms in total. The number of nitrogens with one attached hydrogen (secondary N) is 1. The molecular weight excluding hydrogens is 183 g/mol. The van der Waals surface area contributed by atoms with E-state index in [0.717, 1.165) is 0 Å². The maximum Gasteiger partial charge on any atom is 0.163 e. The van der Waals surface area contributed by atoms with Crippen molar-refractivity contribution in [3.8, 4) is 17.3 Å². The lowest BCUT2D eigenvalue weighted by molar-refractivity contribution is 0.628. The molecule has 0 fully saturated rings. The van der Waals surface area contributed by atoms with Crippen LogP contribution in [0.2, 0.25) is 0 Å². The second-order valence-corrected chi connectivity index (χ2v) is 2.65. The Morgan fingerprint density at radius 2 is 2.00 bits per heavy atom. The lowest BCUT2D eigenvalue weighted by Gasteiger charge is -1.94. The first kappa shape index (κ1) is 8.38. The molecule has 0 aliphatic heterocycles. The molecule has 0 atom stereocenters. The van der Waals surface area contributed by atoms with Crippen molar-refractivity contribution in [1.29, 1.82) is 5.26 Å². The van der Waals surface area contributed by atoms with E-state index in [-0.39, 0.29) is 11.5 Å². The van der Waals surface area contributed by atoms with Crippen LogP contribution in [0.5, 0.6) is 0 Å². The molecule has 2 aromatic rings. The minimum atomic E-state index is -0.323. The van der Waals surface area contributed by atoms with Crippen LogP contribution in [0.25, 0.3) is 11.3 Å². The van der Waals surface area contributed by atoms with Gasteiger partial charge < -0.3 is 0 Å². The number of nitriles is 1. The highest BCUT2D eigenvalue weighted by molar-refractivity contribution is 5.63. The summed E-state index contributed by atoms with van der Waals surface area (Å²) in [6, 6.07) is 7.63. The monoisotopic (exact) mass is 188 g/mol. The summed E-state index contributed by atoms with van der Waals surface area (Å²) >= 11 is 0. The van der Waals surface area contributed by atoms with Gasteiger partial charge in [0, 0.05) is 5.56 Å². The summed E-state index contributed by atoms with van der Waals surface area (Å²) in [5, 5.41) is 18.4. The van der Waals surface area contributed by atoms with Crippen molar-refractivity contribution in [3.05, 3.63) is 35.8 Å². The summed E-state index contributed by atoms with van der Waals surface area (Å²) in [7, 11) is 0. The van der Waals surface area contributed by atoms with Gasteiger partial charge in [0.15, 0.2) is 5.69 Å². The Hall–Kier alpha value is -2.22. The van der Waals surface area contributed by atoms with E-state index in [2.05, 4.69) is 15.4 Å². The molecule has 1 N–H and O–H groups in total. The first-order valence-electron chi connectivity index (χ1n) is 3.88. The number of nitrogens with zero attached hydrogens (tertiary/aromatic N) is 3. The largest absolute Gasteiger partial charge is 0.247 e. The standard InChI is InChI=1S/C9H5FN4/c10-7-3-1-6(2-4-7)9-8(5-11)12-14-13-9/h1-4H,(H,12,13,14). The van der Waals surface area contributed by atoms with Gasteiger partial charge in [-0.2, -0.15) is 5.26 Å². The molecule has 0 spiro atoms. The lowest BCUT2D eigenvalue weighted by atomic mass is 10.1. The van der Waals surface area contributed by atoms with Gasteiger partial charge in [-0.3, -0.25) is 0 Å². The number of H-pyrrole nitrogens is 1. The van der Waals surface area contributed by atoms with Gasteiger partial charge in [-0.15, -0.1) is 5.10 Å². The van der Waals surface area contributed by atoms with Crippen LogP contribution in [-0.2, 0) is 0 Å². The third-order valence-electron chi connectivity index (χ3n) is 1.78. The molecule has 0 bridgehead atoms. The maximum atomic E-state index is 12.6. The second kappa shape index (κ2) is 3.26. The summed E-state index contributed by atoms with van der Waals surface area (Å²) in [6.07, 6.45) is 0. The molecule has 0 unspecified atom stereocenters. The van der Waals surface area contributed by atoms with E-state index in [1.54, 1.807) is 12.1 Å². The van der Waals surface area contributed by atoms with Crippen LogP contribution >= 0.6 is 0 Å². The second-order valence-electron chi connectivity index (χ2n) is 2.65. The van der Waals surface area contributed by atoms with Gasteiger partial charge in [-0.25, -0.2) is 9.49 Å². The van der Waals surface area contributed by atoms with E-state index >= 15 is 0 Å². The number of aromatic amines is 1. The Bertz CT molecular complexity index is 480. The molecule has 14 heavy (non-hydrogen) atoms. The number of aromatic nitrogens is 3. The highest BCUT2D eigenvalue weighted by atomic mass is 19.1. The third-order valence-corrected chi connectivity index (χ3v) is 1.78. The Morgan fingerprint density at radius 3 is 2.64 bits per heavy atom. The predicted octanol–water partition coefficient (Wildman–Crippen LogP) is 1.48. The van der Waals surface area contributed by atoms with Crippen LogP contribution in [0.15, 0.2) is 24.3 Å². The average Bonchev–Trinajstić information content (AvgIpc) is 2.67. The normalized spacial score (nSPS) is 9.71. The number of rotatable bonds is 1. The molecule has 1 aromatic heterocycles. The van der Waals surface area contributed by atoms with Crippen molar-refractivity contribution >= 4 is 0 Å². The Kier molecular flexibility index (Phi) is 1.95. The highest BCUT2D eigenvalue weighted by Crippen LogP contribution is 2.18. The van der Waals surface area contributed by atoms with Gasteiger partial charge in [0.2, 0.25) is 0 Å². The first-order chi connectivity index (χ1) is 6.81. The highest BCUT2D eigenvalue weighted by Gasteiger charge is 2.08. The molecule has 0 saturated heterocycles. The molecular formula is C9H5FN4. The van der Waals surface area contributed by atoms with Crippen molar-refractivity contribution in [2.24, 2.45) is 0 Å². The van der Waals surface area contributed by atoms with E-state index in [9.17, 15) is 4.39 Å². The first-order valence-corrected chi connectivity index (χ1v) is 3.88. The zero-order valence-electron chi connectivity index (χ0n) is 7.03. The van der Waals surface area contributed by atoms with Gasteiger partial charge in [0.25, 0.3) is 0 Å². The summed E-state index contributed by atoms with van der Waals surface area (Å²) in [4.78, 5) is 0. The Morgan fingerprint density at radius 1 is 1.29 bits per heavy atom. The number of halogens is 1. The summed E-state index contributed by atoms with van der Waals surface area (Å²) in [6.45, 7) is 0. The van der Waals surface area contributed by atoms with Gasteiger partial charge in [0.05, 0.1) is 0 Å². The van der Waals surface area contributed by atoms with Crippen molar-refractivity contribution in [2.75, 3.05) is 0 Å². The average molecular weight is 188 g/mol. The molecule has 0 saturated carbocycles. The SMILES string of the molecule is N#Cc1[nH]nnc1-c1ccc(F)cc1. The van der Waals surface area contributed by atoms with Crippen LogP contribution in [0.4, 0.5) is 4.39 Å². The minimum Gasteiger partial charge on any atom is -0.247 e. The van der Waals surface area contributed by atoms with Gasteiger partial charge in [0.1, 0.15) is 17.6 Å². The number of benzene rings is 1. The minimum absolute atomic E-state index is 0.275. The fraction of sp³-hybridized carbons (Fsp3) is 0. The molecule has 1 heterocycles. The fourth-order valence-electron chi connectivity index (χ4n) is 1.12. The van der Waals surface area contributed by atoms with E-state index < -0.39 is 0 Å². The Labute approximate surface area is 79.0 Å². The van der Waals surface area contributed by atoms with Crippen LogP contribution in [-0.4, -0.2) is 15.4 Å². The van der Waals surface area contributed by atoms with E-state index in [4.69, 9.17) is 5.26 Å². The zero-order chi connectivity index (χ0) is 9.97. The zero-order valence-corrected chi connectivity index (χ0v) is 7.03. The van der Waals surface area contributed by atoms with Crippen LogP contribution in [0.3, 0.4) is 0 Å². The van der Waals surface area contributed by atoms with E-state index in [1.807, 2.05) is 6.07 Å². The summed E-state index contributed by atoms with van der Waals surface area (Å²) in [5.74, 6) is -0.323. The topological polar surface area (TPSA) is 65.4 Å². The van der Waals surface area contributed by atoms with Gasteiger partial charge in [-0.1, -0.05) is 5.21 Å². The molecule has 0 aliphatic carbocycles. The third kappa shape index (κ3) is 1.33. The quantitative estimate of drug-likeness (QED) is 0.737. The fourth-order valence-corrected chi connectivity index (χ4v) is 1.12. The molecule has 1 aromatic carbocycles. The van der Waals surface area contributed by atoms with Crippen LogP contribution < -0.4 is 0 Å². The molecule has 0 aliphatic rings. The number of hydrogen-bond donors (Lipinski definition) is 1. The molecule has 5 heteroatoms. The van der Waals surface area contributed by atoms with Crippen molar-refractivity contribution in [1.82, 2.24) is 15.4 Å². The van der Waals surface area contributed by atoms with E-state index in [0.29, 0.717) is 11.3 Å². The smallest absolute Gasteiger partial charge is 0.163 e. The molecule has 2 rings (SSSR count).